The average molecular weight is 246 g/mol. The lowest BCUT2D eigenvalue weighted by molar-refractivity contribution is -0.131. The molecule has 1 aliphatic rings. The minimum atomic E-state index is -0.298. The molecule has 96 valence electrons. The van der Waals surface area contributed by atoms with Crippen LogP contribution in [0.1, 0.15) is 31.4 Å². The van der Waals surface area contributed by atoms with Gasteiger partial charge < -0.3 is 10.2 Å². The Morgan fingerprint density at radius 3 is 2.83 bits per heavy atom. The Labute approximate surface area is 107 Å². The Morgan fingerprint density at radius 1 is 1.44 bits per heavy atom. The quantitative estimate of drug-likeness (QED) is 0.818. The zero-order valence-corrected chi connectivity index (χ0v) is 10.5. The summed E-state index contributed by atoms with van der Waals surface area (Å²) in [5.74, 6) is -0.0593. The summed E-state index contributed by atoms with van der Waals surface area (Å²) >= 11 is 0. The summed E-state index contributed by atoms with van der Waals surface area (Å²) in [6.07, 6.45) is 2.42. The Morgan fingerprint density at radius 2 is 2.17 bits per heavy atom. The fraction of sp³-hybridized carbons (Fsp3) is 0.429. The summed E-state index contributed by atoms with van der Waals surface area (Å²) in [4.78, 5) is 24.5. The van der Waals surface area contributed by atoms with E-state index in [1.54, 1.807) is 4.90 Å². The first-order valence-electron chi connectivity index (χ1n) is 6.28. The van der Waals surface area contributed by atoms with Crippen molar-refractivity contribution in [3.63, 3.8) is 0 Å². The summed E-state index contributed by atoms with van der Waals surface area (Å²) in [5.41, 5.74) is 1.07. The van der Waals surface area contributed by atoms with Crippen molar-refractivity contribution in [2.75, 3.05) is 6.54 Å². The van der Waals surface area contributed by atoms with E-state index in [2.05, 4.69) is 5.32 Å². The van der Waals surface area contributed by atoms with Crippen LogP contribution in [0.4, 0.5) is 0 Å². The Balaban J connectivity index is 1.97. The van der Waals surface area contributed by atoms with Crippen molar-refractivity contribution < 1.29 is 9.59 Å². The van der Waals surface area contributed by atoms with Crippen LogP contribution in [0.15, 0.2) is 30.3 Å². The highest BCUT2D eigenvalue weighted by atomic mass is 16.2. The monoisotopic (exact) mass is 246 g/mol. The standard InChI is InChI=1S/C14H18N2O2/c1-11(12-6-3-2-4-7-12)15-14(18)13-8-5-9-16(13)10-17/h2-4,6-7,10-11,13H,5,8-9H2,1H3,(H,15,18)/t11-,13+/m1/s1. The maximum Gasteiger partial charge on any atom is 0.243 e. The van der Waals surface area contributed by atoms with Gasteiger partial charge in [0.05, 0.1) is 6.04 Å². The van der Waals surface area contributed by atoms with Crippen LogP contribution in [0.3, 0.4) is 0 Å². The fourth-order valence-corrected chi connectivity index (χ4v) is 2.33. The van der Waals surface area contributed by atoms with Gasteiger partial charge in [-0.25, -0.2) is 0 Å². The first kappa shape index (κ1) is 12.6. The van der Waals surface area contributed by atoms with E-state index in [4.69, 9.17) is 0 Å². The number of hydrogen-bond donors (Lipinski definition) is 1. The SMILES string of the molecule is C[C@@H](NC(=O)[C@@H]1CCCN1C=O)c1ccccc1. The molecule has 2 atom stereocenters. The van der Waals surface area contributed by atoms with Crippen molar-refractivity contribution in [2.45, 2.75) is 31.8 Å². The molecule has 1 fully saturated rings. The van der Waals surface area contributed by atoms with E-state index in [0.717, 1.165) is 24.8 Å². The second kappa shape index (κ2) is 5.67. The third-order valence-corrected chi connectivity index (χ3v) is 3.39. The zero-order valence-electron chi connectivity index (χ0n) is 10.5. The van der Waals surface area contributed by atoms with Crippen LogP contribution < -0.4 is 5.32 Å². The van der Waals surface area contributed by atoms with Crippen LogP contribution in [0.2, 0.25) is 0 Å². The number of carbonyl (C=O) groups excluding carboxylic acids is 2. The van der Waals surface area contributed by atoms with E-state index in [9.17, 15) is 9.59 Å². The van der Waals surface area contributed by atoms with Gasteiger partial charge in [0.15, 0.2) is 0 Å². The van der Waals surface area contributed by atoms with E-state index < -0.39 is 0 Å². The largest absolute Gasteiger partial charge is 0.348 e. The van der Waals surface area contributed by atoms with E-state index in [-0.39, 0.29) is 18.0 Å². The molecule has 1 heterocycles. The van der Waals surface area contributed by atoms with Crippen LogP contribution in [0.25, 0.3) is 0 Å². The van der Waals surface area contributed by atoms with Gasteiger partial charge in [0.1, 0.15) is 6.04 Å². The maximum absolute atomic E-state index is 12.1. The van der Waals surface area contributed by atoms with Crippen LogP contribution in [0.5, 0.6) is 0 Å². The summed E-state index contributed by atoms with van der Waals surface area (Å²) in [5, 5.41) is 2.96. The van der Waals surface area contributed by atoms with Crippen molar-refractivity contribution in [3.05, 3.63) is 35.9 Å². The van der Waals surface area contributed by atoms with E-state index in [0.29, 0.717) is 6.54 Å². The molecule has 18 heavy (non-hydrogen) atoms. The molecule has 0 aromatic heterocycles. The fourth-order valence-electron chi connectivity index (χ4n) is 2.33. The Kier molecular flexibility index (Phi) is 3.97. The van der Waals surface area contributed by atoms with Crippen molar-refractivity contribution in [1.82, 2.24) is 10.2 Å². The molecular formula is C14H18N2O2. The normalized spacial score (nSPS) is 20.5. The van der Waals surface area contributed by atoms with Crippen molar-refractivity contribution >= 4 is 12.3 Å². The molecule has 0 aliphatic carbocycles. The first-order valence-corrected chi connectivity index (χ1v) is 6.28. The van der Waals surface area contributed by atoms with Gasteiger partial charge in [-0.3, -0.25) is 9.59 Å². The van der Waals surface area contributed by atoms with Gasteiger partial charge in [-0.1, -0.05) is 30.3 Å². The molecule has 1 saturated heterocycles. The molecule has 1 aromatic rings. The number of nitrogens with one attached hydrogen (secondary N) is 1. The van der Waals surface area contributed by atoms with Crippen LogP contribution >= 0.6 is 0 Å². The average Bonchev–Trinajstić information content (AvgIpc) is 2.88. The zero-order chi connectivity index (χ0) is 13.0. The molecule has 0 radical (unpaired) electrons. The topological polar surface area (TPSA) is 49.4 Å². The molecule has 1 aliphatic heterocycles. The summed E-state index contributed by atoms with van der Waals surface area (Å²) in [6.45, 7) is 2.63. The van der Waals surface area contributed by atoms with Gasteiger partial charge in [0.25, 0.3) is 0 Å². The molecule has 2 rings (SSSR count). The molecule has 0 saturated carbocycles. The number of benzene rings is 1. The van der Waals surface area contributed by atoms with Gasteiger partial charge in [-0.2, -0.15) is 0 Å². The van der Waals surface area contributed by atoms with Crippen molar-refractivity contribution in [3.8, 4) is 0 Å². The molecule has 1 N–H and O–H groups in total. The third-order valence-electron chi connectivity index (χ3n) is 3.39. The van der Waals surface area contributed by atoms with Crippen LogP contribution in [-0.4, -0.2) is 29.8 Å². The van der Waals surface area contributed by atoms with Gasteiger partial charge in [-0.15, -0.1) is 0 Å². The molecule has 0 bridgehead atoms. The molecule has 4 heteroatoms. The summed E-state index contributed by atoms with van der Waals surface area (Å²) in [7, 11) is 0. The maximum atomic E-state index is 12.1. The summed E-state index contributed by atoms with van der Waals surface area (Å²) < 4.78 is 0. The Bertz CT molecular complexity index is 419. The molecule has 1 aromatic carbocycles. The highest BCUT2D eigenvalue weighted by molar-refractivity contribution is 5.84. The lowest BCUT2D eigenvalue weighted by atomic mass is 10.1. The smallest absolute Gasteiger partial charge is 0.243 e. The van der Waals surface area contributed by atoms with E-state index in [1.165, 1.54) is 0 Å². The van der Waals surface area contributed by atoms with Crippen molar-refractivity contribution in [1.29, 1.82) is 0 Å². The lowest BCUT2D eigenvalue weighted by Crippen LogP contribution is -2.43. The number of hydrogen-bond acceptors (Lipinski definition) is 2. The Hall–Kier alpha value is -1.84. The number of amides is 2. The number of carbonyl (C=O) groups is 2. The number of nitrogens with zero attached hydrogens (tertiary/aromatic N) is 1. The molecule has 0 spiro atoms. The van der Waals surface area contributed by atoms with E-state index in [1.807, 2.05) is 37.3 Å². The predicted molar refractivity (Wildman–Crippen MR) is 68.8 cm³/mol. The third kappa shape index (κ3) is 2.70. The van der Waals surface area contributed by atoms with Crippen molar-refractivity contribution in [2.24, 2.45) is 0 Å². The summed E-state index contributed by atoms with van der Waals surface area (Å²) in [6, 6.07) is 9.48. The van der Waals surface area contributed by atoms with Gasteiger partial charge in [-0.05, 0) is 25.3 Å². The van der Waals surface area contributed by atoms with Gasteiger partial charge >= 0.3 is 0 Å². The first-order chi connectivity index (χ1) is 8.72. The molecule has 2 amide bonds. The predicted octanol–water partition coefficient (Wildman–Crippen LogP) is 1.48. The molecule has 4 nitrogen and oxygen atoms in total. The second-order valence-electron chi connectivity index (χ2n) is 4.64. The molecule has 0 unspecified atom stereocenters. The van der Waals surface area contributed by atoms with Crippen LogP contribution in [0, 0.1) is 0 Å². The highest BCUT2D eigenvalue weighted by Crippen LogP contribution is 2.17. The lowest BCUT2D eigenvalue weighted by Gasteiger charge is -2.22. The van der Waals surface area contributed by atoms with Gasteiger partial charge in [0.2, 0.25) is 12.3 Å². The number of likely N-dealkylation sites (tertiary alicyclic amines) is 1. The van der Waals surface area contributed by atoms with Gasteiger partial charge in [0, 0.05) is 6.54 Å². The second-order valence-corrected chi connectivity index (χ2v) is 4.64. The highest BCUT2D eigenvalue weighted by Gasteiger charge is 2.30. The minimum Gasteiger partial charge on any atom is -0.348 e. The molecular weight excluding hydrogens is 228 g/mol. The van der Waals surface area contributed by atoms with Crippen LogP contribution in [-0.2, 0) is 9.59 Å². The minimum absolute atomic E-state index is 0.0344. The number of rotatable bonds is 4. The van der Waals surface area contributed by atoms with E-state index >= 15 is 0 Å².